The van der Waals surface area contributed by atoms with Crippen molar-refractivity contribution in [3.05, 3.63) is 0 Å². The molecule has 102 valence electrons. The van der Waals surface area contributed by atoms with Crippen molar-refractivity contribution >= 4 is 23.6 Å². The summed E-state index contributed by atoms with van der Waals surface area (Å²) in [4.78, 5) is 24.4. The number of carbonyl (C=O) groups excluding carboxylic acids is 2. The van der Waals surface area contributed by atoms with E-state index in [1.165, 1.54) is 16.7 Å². The molecule has 2 rings (SSSR count). The van der Waals surface area contributed by atoms with Crippen LogP contribution in [0.1, 0.15) is 19.8 Å². The van der Waals surface area contributed by atoms with Crippen molar-refractivity contribution in [2.75, 3.05) is 12.3 Å². The number of fused-ring (bicyclic) bond motifs is 1. The smallest absolute Gasteiger partial charge is 0.345 e. The predicted molar refractivity (Wildman–Crippen MR) is 59.8 cm³/mol. The molecule has 8 heteroatoms. The third-order valence-electron chi connectivity index (χ3n) is 3.21. The third kappa shape index (κ3) is 2.43. The van der Waals surface area contributed by atoms with E-state index in [1.54, 1.807) is 0 Å². The van der Waals surface area contributed by atoms with Crippen LogP contribution in [-0.4, -0.2) is 46.1 Å². The minimum atomic E-state index is -4.43. The van der Waals surface area contributed by atoms with Gasteiger partial charge in [0.15, 0.2) is 0 Å². The van der Waals surface area contributed by atoms with Crippen molar-refractivity contribution in [3.63, 3.8) is 0 Å². The molecule has 0 radical (unpaired) electrons. The summed E-state index contributed by atoms with van der Waals surface area (Å²) in [6, 6.07) is -0.780. The minimum Gasteiger partial charge on any atom is -0.345 e. The fourth-order valence-corrected chi connectivity index (χ4v) is 3.75. The summed E-state index contributed by atoms with van der Waals surface area (Å²) in [6.45, 7) is 0.491. The molecule has 2 aliphatic heterocycles. The number of nitrogens with one attached hydrogen (secondary N) is 1. The Morgan fingerprint density at radius 2 is 2.28 bits per heavy atom. The van der Waals surface area contributed by atoms with Crippen molar-refractivity contribution in [1.29, 1.82) is 0 Å². The van der Waals surface area contributed by atoms with Gasteiger partial charge in [0.2, 0.25) is 11.8 Å². The monoisotopic (exact) mass is 282 g/mol. The van der Waals surface area contributed by atoms with Crippen molar-refractivity contribution in [1.82, 2.24) is 10.2 Å². The molecule has 0 bridgehead atoms. The summed E-state index contributed by atoms with van der Waals surface area (Å²) in [7, 11) is 0. The van der Waals surface area contributed by atoms with Crippen LogP contribution in [0, 0.1) is 0 Å². The van der Waals surface area contributed by atoms with E-state index in [1.807, 2.05) is 12.2 Å². The summed E-state index contributed by atoms with van der Waals surface area (Å²) in [6.07, 6.45) is -3.44. The number of halogens is 3. The van der Waals surface area contributed by atoms with E-state index in [9.17, 15) is 22.8 Å². The molecule has 2 atom stereocenters. The van der Waals surface area contributed by atoms with Gasteiger partial charge in [0.25, 0.3) is 0 Å². The molecule has 2 saturated heterocycles. The average molecular weight is 282 g/mol. The van der Waals surface area contributed by atoms with E-state index >= 15 is 0 Å². The Bertz CT molecular complexity index is 388. The molecule has 0 aromatic carbocycles. The fourth-order valence-electron chi connectivity index (χ4n) is 2.32. The molecule has 1 N–H and O–H groups in total. The second-order valence-electron chi connectivity index (χ2n) is 4.60. The molecule has 18 heavy (non-hydrogen) atoms. The molecule has 0 aliphatic carbocycles. The van der Waals surface area contributed by atoms with E-state index < -0.39 is 29.5 Å². The zero-order valence-corrected chi connectivity index (χ0v) is 10.5. The molecule has 2 amide bonds. The van der Waals surface area contributed by atoms with E-state index in [-0.39, 0.29) is 5.91 Å². The Hall–Kier alpha value is -0.920. The van der Waals surface area contributed by atoms with Gasteiger partial charge < -0.3 is 10.2 Å². The van der Waals surface area contributed by atoms with Gasteiger partial charge in [-0.25, -0.2) is 0 Å². The van der Waals surface area contributed by atoms with Crippen LogP contribution < -0.4 is 5.32 Å². The highest BCUT2D eigenvalue weighted by atomic mass is 32.2. The number of rotatable bonds is 2. The van der Waals surface area contributed by atoms with Crippen molar-refractivity contribution < 1.29 is 22.8 Å². The highest BCUT2D eigenvalue weighted by Gasteiger charge is 2.53. The predicted octanol–water partition coefficient (Wildman–Crippen LogP) is 1.12. The van der Waals surface area contributed by atoms with Gasteiger partial charge in [-0.2, -0.15) is 13.2 Å². The first-order valence-electron chi connectivity index (χ1n) is 5.53. The van der Waals surface area contributed by atoms with Gasteiger partial charge in [-0.3, -0.25) is 9.59 Å². The Balaban J connectivity index is 2.02. The third-order valence-corrected chi connectivity index (χ3v) is 4.72. The molecule has 4 nitrogen and oxygen atoms in total. The summed E-state index contributed by atoms with van der Waals surface area (Å²) in [5, 5.41) is 1.84. The van der Waals surface area contributed by atoms with Crippen LogP contribution in [0.15, 0.2) is 0 Å². The number of alkyl halides is 3. The molecule has 2 aliphatic rings. The van der Waals surface area contributed by atoms with Crippen LogP contribution in [-0.2, 0) is 9.59 Å². The summed E-state index contributed by atoms with van der Waals surface area (Å²) in [5.41, 5.74) is 0. The lowest BCUT2D eigenvalue weighted by Gasteiger charge is -2.29. The first-order chi connectivity index (χ1) is 8.23. The quantitative estimate of drug-likeness (QED) is 0.825. The second-order valence-corrected chi connectivity index (χ2v) is 6.10. The minimum absolute atomic E-state index is 0.158. The van der Waals surface area contributed by atoms with E-state index in [4.69, 9.17) is 0 Å². The lowest BCUT2D eigenvalue weighted by molar-refractivity contribution is -0.144. The second kappa shape index (κ2) is 4.32. The molecule has 0 aromatic heterocycles. The molecular weight excluding hydrogens is 269 g/mol. The van der Waals surface area contributed by atoms with Crippen molar-refractivity contribution in [2.24, 2.45) is 0 Å². The van der Waals surface area contributed by atoms with Gasteiger partial charge in [0.05, 0.1) is 4.87 Å². The number of hydrogen-bond acceptors (Lipinski definition) is 3. The highest BCUT2D eigenvalue weighted by Crippen LogP contribution is 2.47. The summed E-state index contributed by atoms with van der Waals surface area (Å²) in [5.74, 6) is -0.528. The lowest BCUT2D eigenvalue weighted by atomic mass is 10.2. The van der Waals surface area contributed by atoms with Crippen LogP contribution in [0.2, 0.25) is 0 Å². The number of carbonyl (C=O) groups is 2. The van der Waals surface area contributed by atoms with Gasteiger partial charge in [-0.15, -0.1) is 11.8 Å². The van der Waals surface area contributed by atoms with Crippen LogP contribution in [0.3, 0.4) is 0 Å². The van der Waals surface area contributed by atoms with E-state index in [2.05, 4.69) is 0 Å². The summed E-state index contributed by atoms with van der Waals surface area (Å²) < 4.78 is 36.1. The topological polar surface area (TPSA) is 49.4 Å². The zero-order chi connectivity index (χ0) is 13.6. The van der Waals surface area contributed by atoms with Crippen molar-refractivity contribution in [2.45, 2.75) is 36.9 Å². The summed E-state index contributed by atoms with van der Waals surface area (Å²) >= 11 is 1.45. The number of nitrogens with zero attached hydrogens (tertiary/aromatic N) is 1. The van der Waals surface area contributed by atoms with Gasteiger partial charge >= 0.3 is 6.18 Å². The number of thioether (sulfide) groups is 1. The van der Waals surface area contributed by atoms with Crippen LogP contribution in [0.25, 0.3) is 0 Å². The molecule has 2 fully saturated rings. The Morgan fingerprint density at radius 3 is 2.89 bits per heavy atom. The maximum absolute atomic E-state index is 12.0. The molecule has 0 spiro atoms. The van der Waals surface area contributed by atoms with Crippen molar-refractivity contribution in [3.8, 4) is 0 Å². The zero-order valence-electron chi connectivity index (χ0n) is 9.71. The first-order valence-corrected chi connectivity index (χ1v) is 6.52. The van der Waals surface area contributed by atoms with Crippen LogP contribution in [0.5, 0.6) is 0 Å². The molecule has 2 unspecified atom stereocenters. The largest absolute Gasteiger partial charge is 0.405 e. The van der Waals surface area contributed by atoms with Gasteiger partial charge in [0, 0.05) is 12.2 Å². The standard InChI is InChI=1S/C10H13F3N2O2S/c1-9-3-2-7(16)15(9)6(4-18-9)8(17)14-5-10(11,12)13/h6H,2-5H2,1H3,(H,14,17). The average Bonchev–Trinajstić information content (AvgIpc) is 2.73. The number of amides is 2. The first kappa shape index (κ1) is 13.5. The Morgan fingerprint density at radius 1 is 1.61 bits per heavy atom. The Labute approximate surface area is 106 Å². The maximum atomic E-state index is 12.0. The van der Waals surface area contributed by atoms with Gasteiger partial charge in [-0.1, -0.05) is 0 Å². The van der Waals surface area contributed by atoms with Crippen LogP contribution >= 0.6 is 11.8 Å². The van der Waals surface area contributed by atoms with E-state index in [0.717, 1.165) is 0 Å². The van der Waals surface area contributed by atoms with Gasteiger partial charge in [-0.05, 0) is 13.3 Å². The SMILES string of the molecule is CC12CCC(=O)N1C(C(=O)NCC(F)(F)F)CS2. The number of hydrogen-bond donors (Lipinski definition) is 1. The fraction of sp³-hybridized carbons (Fsp3) is 0.800. The molecule has 0 aromatic rings. The molecule has 0 saturated carbocycles. The molecular formula is C10H13F3N2O2S. The molecule has 2 heterocycles. The van der Waals surface area contributed by atoms with Crippen LogP contribution in [0.4, 0.5) is 13.2 Å². The van der Waals surface area contributed by atoms with Gasteiger partial charge in [0.1, 0.15) is 12.6 Å². The lowest BCUT2D eigenvalue weighted by Crippen LogP contribution is -2.51. The highest BCUT2D eigenvalue weighted by molar-refractivity contribution is 8.01. The Kier molecular flexibility index (Phi) is 3.25. The maximum Gasteiger partial charge on any atom is 0.405 e. The normalized spacial score (nSPS) is 31.7. The van der Waals surface area contributed by atoms with E-state index in [0.29, 0.717) is 18.6 Å².